The number of nitrogens with zero attached hydrogens (tertiary/aromatic N) is 1. The molecule has 2 N–H and O–H groups in total. The molecule has 4 aromatic rings. The van der Waals surface area contributed by atoms with Crippen LogP contribution in [0.4, 0.5) is 5.69 Å². The number of amides is 1. The molecule has 1 aromatic heterocycles. The molecule has 1 amide bonds. The maximum Gasteiger partial charge on any atom is 0.257 e. The Hall–Kier alpha value is -3.51. The van der Waals surface area contributed by atoms with Crippen molar-refractivity contribution < 1.29 is 9.21 Å². The zero-order valence-corrected chi connectivity index (χ0v) is 18.3. The molecule has 0 saturated carbocycles. The van der Waals surface area contributed by atoms with E-state index in [1.807, 2.05) is 55.5 Å². The van der Waals surface area contributed by atoms with Gasteiger partial charge in [0.15, 0.2) is 16.6 Å². The van der Waals surface area contributed by atoms with Crippen molar-refractivity contribution in [1.29, 1.82) is 0 Å². The molecule has 0 unspecified atom stereocenters. The molecule has 0 radical (unpaired) electrons. The van der Waals surface area contributed by atoms with E-state index in [4.69, 9.17) is 16.6 Å². The molecule has 156 valence electrons. The first-order valence-electron chi connectivity index (χ1n) is 10.2. The number of anilines is 1. The van der Waals surface area contributed by atoms with E-state index in [0.717, 1.165) is 34.3 Å². The molecule has 0 saturated heterocycles. The summed E-state index contributed by atoms with van der Waals surface area (Å²) in [6.07, 6.45) is 1.57. The Morgan fingerprint density at radius 3 is 2.55 bits per heavy atom. The molecule has 0 spiro atoms. The number of aryl methyl sites for hydroxylation is 2. The van der Waals surface area contributed by atoms with Crippen LogP contribution in [0.3, 0.4) is 0 Å². The smallest absolute Gasteiger partial charge is 0.257 e. The van der Waals surface area contributed by atoms with Crippen LogP contribution in [0.15, 0.2) is 71.1 Å². The molecular formula is C25H23N3O2S. The number of nitrogens with one attached hydrogen (secondary N) is 2. The van der Waals surface area contributed by atoms with Gasteiger partial charge in [0, 0.05) is 17.7 Å². The number of carbonyl (C=O) groups is 1. The molecule has 3 aromatic carbocycles. The molecule has 5 nitrogen and oxygen atoms in total. The van der Waals surface area contributed by atoms with Gasteiger partial charge in [0.25, 0.3) is 5.91 Å². The number of oxazole rings is 1. The number of thiocarbonyl (C=S) groups is 1. The van der Waals surface area contributed by atoms with Crippen molar-refractivity contribution >= 4 is 40.0 Å². The van der Waals surface area contributed by atoms with Gasteiger partial charge >= 0.3 is 0 Å². The lowest BCUT2D eigenvalue weighted by atomic mass is 10.1. The van der Waals surface area contributed by atoms with Crippen LogP contribution < -0.4 is 10.6 Å². The average Bonchev–Trinajstić information content (AvgIpc) is 3.16. The zero-order chi connectivity index (χ0) is 21.8. The summed E-state index contributed by atoms with van der Waals surface area (Å²) in [5, 5.41) is 6.00. The number of carbonyl (C=O) groups excluding carboxylic acids is 1. The Balaban J connectivity index is 1.36. The third-order valence-corrected chi connectivity index (χ3v) is 5.18. The predicted molar refractivity (Wildman–Crippen MR) is 128 cm³/mol. The highest BCUT2D eigenvalue weighted by Crippen LogP contribution is 2.20. The summed E-state index contributed by atoms with van der Waals surface area (Å²) in [6.45, 7) is 4.07. The molecule has 0 aliphatic carbocycles. The van der Waals surface area contributed by atoms with Crippen LogP contribution in [0.1, 0.15) is 39.9 Å². The highest BCUT2D eigenvalue weighted by molar-refractivity contribution is 7.80. The van der Waals surface area contributed by atoms with Gasteiger partial charge < -0.3 is 9.73 Å². The average molecular weight is 430 g/mol. The Morgan fingerprint density at radius 1 is 1.03 bits per heavy atom. The van der Waals surface area contributed by atoms with E-state index in [9.17, 15) is 4.79 Å². The topological polar surface area (TPSA) is 67.2 Å². The molecule has 0 bridgehead atoms. The van der Waals surface area contributed by atoms with E-state index in [2.05, 4.69) is 34.7 Å². The van der Waals surface area contributed by atoms with Gasteiger partial charge in [-0.2, -0.15) is 0 Å². The fourth-order valence-electron chi connectivity index (χ4n) is 3.32. The Bertz CT molecular complexity index is 1250. The quantitative estimate of drug-likeness (QED) is 0.415. The van der Waals surface area contributed by atoms with Crippen molar-refractivity contribution in [3.05, 3.63) is 94.9 Å². The highest BCUT2D eigenvalue weighted by atomic mass is 32.1. The van der Waals surface area contributed by atoms with Crippen molar-refractivity contribution in [2.45, 2.75) is 26.7 Å². The van der Waals surface area contributed by atoms with Gasteiger partial charge in [-0.3, -0.25) is 10.1 Å². The first kappa shape index (κ1) is 20.8. The van der Waals surface area contributed by atoms with Crippen LogP contribution in [0.5, 0.6) is 0 Å². The number of aromatic nitrogens is 1. The van der Waals surface area contributed by atoms with E-state index in [0.29, 0.717) is 17.9 Å². The lowest BCUT2D eigenvalue weighted by molar-refractivity contribution is 0.0977. The summed E-state index contributed by atoms with van der Waals surface area (Å²) in [6, 6.07) is 21.3. The molecule has 6 heteroatoms. The van der Waals surface area contributed by atoms with Crippen molar-refractivity contribution in [3.63, 3.8) is 0 Å². The Labute approximate surface area is 186 Å². The van der Waals surface area contributed by atoms with Gasteiger partial charge in [-0.1, -0.05) is 42.8 Å². The summed E-state index contributed by atoms with van der Waals surface area (Å²) >= 11 is 5.27. The van der Waals surface area contributed by atoms with Crippen LogP contribution in [-0.4, -0.2) is 16.0 Å². The van der Waals surface area contributed by atoms with E-state index in [-0.39, 0.29) is 11.0 Å². The van der Waals surface area contributed by atoms with Crippen LogP contribution >= 0.6 is 12.2 Å². The lowest BCUT2D eigenvalue weighted by Gasteiger charge is -2.10. The van der Waals surface area contributed by atoms with Crippen molar-refractivity contribution in [2.24, 2.45) is 0 Å². The van der Waals surface area contributed by atoms with E-state index in [1.165, 1.54) is 5.56 Å². The number of rotatable bonds is 5. The molecule has 0 aliphatic rings. The second-order valence-corrected chi connectivity index (χ2v) is 7.82. The van der Waals surface area contributed by atoms with Crippen molar-refractivity contribution in [2.75, 3.05) is 5.32 Å². The highest BCUT2D eigenvalue weighted by Gasteiger charge is 2.10. The standard InChI is InChI=1S/C25H23N3O2S/c1-3-17-9-12-22-21(14-17)27-23(30-22)15-18-7-10-20(11-8-18)26-25(31)28-24(29)19-6-4-5-16(2)13-19/h4-14H,3,15H2,1-2H3,(H2,26,28,29,31). The molecular weight excluding hydrogens is 406 g/mol. The molecule has 31 heavy (non-hydrogen) atoms. The maximum absolute atomic E-state index is 12.3. The van der Waals surface area contributed by atoms with E-state index >= 15 is 0 Å². The van der Waals surface area contributed by atoms with Gasteiger partial charge in [-0.25, -0.2) is 4.98 Å². The van der Waals surface area contributed by atoms with Crippen LogP contribution in [0.25, 0.3) is 11.1 Å². The Morgan fingerprint density at radius 2 is 1.81 bits per heavy atom. The predicted octanol–water partition coefficient (Wildman–Crippen LogP) is 5.42. The number of fused-ring (bicyclic) bond motifs is 1. The van der Waals surface area contributed by atoms with Gasteiger partial charge in [-0.15, -0.1) is 0 Å². The fourth-order valence-corrected chi connectivity index (χ4v) is 3.53. The second-order valence-electron chi connectivity index (χ2n) is 7.41. The van der Waals surface area contributed by atoms with Crippen LogP contribution in [0, 0.1) is 6.92 Å². The first-order chi connectivity index (χ1) is 15.0. The summed E-state index contributed by atoms with van der Waals surface area (Å²) in [5.74, 6) is 0.449. The van der Waals surface area contributed by atoms with Crippen LogP contribution in [-0.2, 0) is 12.8 Å². The summed E-state index contributed by atoms with van der Waals surface area (Å²) < 4.78 is 5.87. The van der Waals surface area contributed by atoms with E-state index in [1.54, 1.807) is 6.07 Å². The molecule has 4 rings (SSSR count). The first-order valence-corrected chi connectivity index (χ1v) is 10.6. The van der Waals surface area contributed by atoms with Crippen molar-refractivity contribution in [1.82, 2.24) is 10.3 Å². The number of benzene rings is 3. The van der Waals surface area contributed by atoms with Gasteiger partial charge in [0.2, 0.25) is 0 Å². The number of hydrogen-bond donors (Lipinski definition) is 2. The minimum atomic E-state index is -0.236. The largest absolute Gasteiger partial charge is 0.440 e. The maximum atomic E-state index is 12.3. The summed E-state index contributed by atoms with van der Waals surface area (Å²) in [5.41, 5.74) is 6.40. The third kappa shape index (κ3) is 5.16. The molecule has 0 fully saturated rings. The lowest BCUT2D eigenvalue weighted by Crippen LogP contribution is -2.34. The van der Waals surface area contributed by atoms with Crippen molar-refractivity contribution in [3.8, 4) is 0 Å². The summed E-state index contributed by atoms with van der Waals surface area (Å²) in [4.78, 5) is 16.9. The van der Waals surface area contributed by atoms with E-state index < -0.39 is 0 Å². The normalized spacial score (nSPS) is 10.8. The zero-order valence-electron chi connectivity index (χ0n) is 17.4. The minimum absolute atomic E-state index is 0.236. The molecule has 1 heterocycles. The Kier molecular flexibility index (Phi) is 6.09. The minimum Gasteiger partial charge on any atom is -0.440 e. The van der Waals surface area contributed by atoms with Gasteiger partial charge in [0.1, 0.15) is 5.52 Å². The molecule has 0 aliphatic heterocycles. The van der Waals surface area contributed by atoms with Gasteiger partial charge in [0.05, 0.1) is 0 Å². The molecule has 0 atom stereocenters. The monoisotopic (exact) mass is 429 g/mol. The second kappa shape index (κ2) is 9.10. The van der Waals surface area contributed by atoms with Crippen LogP contribution in [0.2, 0.25) is 0 Å². The number of hydrogen-bond acceptors (Lipinski definition) is 4. The fraction of sp³-hybridized carbons (Fsp3) is 0.160. The van der Waals surface area contributed by atoms with Gasteiger partial charge in [-0.05, 0) is 73.1 Å². The third-order valence-electron chi connectivity index (χ3n) is 4.98. The SMILES string of the molecule is CCc1ccc2oc(Cc3ccc(NC(=S)NC(=O)c4cccc(C)c4)cc3)nc2c1. The summed E-state index contributed by atoms with van der Waals surface area (Å²) in [7, 11) is 0.